The first-order valence-electron chi connectivity index (χ1n) is 4.93. The van der Waals surface area contributed by atoms with Gasteiger partial charge in [-0.2, -0.15) is 0 Å². The first-order valence-corrected chi connectivity index (χ1v) is 5.34. The van der Waals surface area contributed by atoms with Crippen LogP contribution in [0, 0.1) is 0 Å². The average Bonchev–Trinajstić information content (AvgIpc) is 2.55. The molecule has 1 N–H and O–H groups in total. The number of thiocarbonyl (C=S) groups is 1. The molecule has 0 unspecified atom stereocenters. The summed E-state index contributed by atoms with van der Waals surface area (Å²) in [7, 11) is 0. The number of hydrogen-bond donors (Lipinski definition) is 1. The Morgan fingerprint density at radius 1 is 1.40 bits per heavy atom. The van der Waals surface area contributed by atoms with Crippen LogP contribution < -0.4 is 10.2 Å². The number of benzene rings is 1. The summed E-state index contributed by atoms with van der Waals surface area (Å²) < 4.78 is 0. The van der Waals surface area contributed by atoms with Crippen molar-refractivity contribution in [3.63, 3.8) is 0 Å². The zero-order valence-electron chi connectivity index (χ0n) is 8.43. The molecule has 0 bridgehead atoms. The Morgan fingerprint density at radius 2 is 2.07 bits per heavy atom. The van der Waals surface area contributed by atoms with Crippen LogP contribution in [0.2, 0.25) is 0 Å². The van der Waals surface area contributed by atoms with Gasteiger partial charge in [0.2, 0.25) is 0 Å². The van der Waals surface area contributed by atoms with Crippen LogP contribution in [-0.4, -0.2) is 17.1 Å². The smallest absolute Gasteiger partial charge is 0.255 e. The van der Waals surface area contributed by atoms with Gasteiger partial charge in [0, 0.05) is 0 Å². The van der Waals surface area contributed by atoms with E-state index in [4.69, 9.17) is 12.2 Å². The van der Waals surface area contributed by atoms with E-state index in [2.05, 4.69) is 5.32 Å². The van der Waals surface area contributed by atoms with Crippen molar-refractivity contribution in [2.24, 2.45) is 0 Å². The fourth-order valence-corrected chi connectivity index (χ4v) is 1.97. The maximum Gasteiger partial charge on any atom is 0.255 e. The first kappa shape index (κ1) is 10.1. The van der Waals surface area contributed by atoms with Crippen molar-refractivity contribution in [3.05, 3.63) is 30.3 Å². The molecule has 0 radical (unpaired) electrons. The summed E-state index contributed by atoms with van der Waals surface area (Å²) in [5.74, 6) is 0.0358. The molecule has 1 aliphatic rings. The lowest BCUT2D eigenvalue weighted by molar-refractivity contribution is -0.118. The summed E-state index contributed by atoms with van der Waals surface area (Å²) in [4.78, 5) is 13.5. The summed E-state index contributed by atoms with van der Waals surface area (Å²) in [5.41, 5.74) is 0.830. The fraction of sp³-hybridized carbons (Fsp3) is 0.273. The molecule has 0 aliphatic carbocycles. The summed E-state index contributed by atoms with van der Waals surface area (Å²) >= 11 is 5.14. The van der Waals surface area contributed by atoms with Gasteiger partial charge in [-0.3, -0.25) is 9.69 Å². The standard InChI is InChI=1S/C11H12N2OS/c1-2-9-10(14)13(11(15)12-9)8-6-4-3-5-7-8/h3-7,9H,2H2,1H3,(H,12,15)/t9-/m0/s1. The molecule has 0 aromatic heterocycles. The van der Waals surface area contributed by atoms with E-state index in [0.29, 0.717) is 5.11 Å². The van der Waals surface area contributed by atoms with Crippen LogP contribution >= 0.6 is 12.2 Å². The van der Waals surface area contributed by atoms with Crippen molar-refractivity contribution in [1.82, 2.24) is 5.32 Å². The highest BCUT2D eigenvalue weighted by Gasteiger charge is 2.34. The average molecular weight is 220 g/mol. The Labute approximate surface area is 94.1 Å². The number of hydrogen-bond acceptors (Lipinski definition) is 2. The van der Waals surface area contributed by atoms with Gasteiger partial charge in [0.1, 0.15) is 6.04 Å². The number of carbonyl (C=O) groups is 1. The summed E-state index contributed by atoms with van der Waals surface area (Å²) in [6, 6.07) is 9.29. The van der Waals surface area contributed by atoms with Crippen molar-refractivity contribution < 1.29 is 4.79 Å². The maximum absolute atomic E-state index is 11.9. The van der Waals surface area contributed by atoms with Gasteiger partial charge in [0.05, 0.1) is 5.69 Å². The van der Waals surface area contributed by atoms with Crippen molar-refractivity contribution in [2.75, 3.05) is 4.90 Å². The van der Waals surface area contributed by atoms with Crippen LogP contribution in [0.5, 0.6) is 0 Å². The second-order valence-corrected chi connectivity index (χ2v) is 3.81. The van der Waals surface area contributed by atoms with E-state index in [-0.39, 0.29) is 11.9 Å². The summed E-state index contributed by atoms with van der Waals surface area (Å²) in [6.45, 7) is 1.96. The Bertz CT molecular complexity index is 391. The third-order valence-corrected chi connectivity index (χ3v) is 2.74. The highest BCUT2D eigenvalue weighted by atomic mass is 32.1. The lowest BCUT2D eigenvalue weighted by Gasteiger charge is -2.14. The maximum atomic E-state index is 11.9. The Morgan fingerprint density at radius 3 is 2.60 bits per heavy atom. The summed E-state index contributed by atoms with van der Waals surface area (Å²) in [5, 5.41) is 3.51. The molecule has 1 aliphatic heterocycles. The monoisotopic (exact) mass is 220 g/mol. The largest absolute Gasteiger partial charge is 0.350 e. The normalized spacial score (nSPS) is 20.6. The predicted octanol–water partition coefficient (Wildman–Crippen LogP) is 1.69. The number of nitrogens with one attached hydrogen (secondary N) is 1. The molecule has 0 spiro atoms. The minimum Gasteiger partial charge on any atom is -0.350 e. The molecule has 1 fully saturated rings. The molecule has 1 aromatic carbocycles. The topological polar surface area (TPSA) is 32.3 Å². The highest BCUT2D eigenvalue weighted by molar-refractivity contribution is 7.80. The van der Waals surface area contributed by atoms with Crippen molar-refractivity contribution >= 4 is 28.9 Å². The molecule has 0 saturated carbocycles. The number of amides is 1. The first-order chi connectivity index (χ1) is 7.24. The van der Waals surface area contributed by atoms with E-state index in [1.165, 1.54) is 0 Å². The molecule has 1 amide bonds. The van der Waals surface area contributed by atoms with Crippen LogP contribution in [-0.2, 0) is 4.79 Å². The molecule has 1 saturated heterocycles. The molecule has 15 heavy (non-hydrogen) atoms. The number of para-hydroxylation sites is 1. The number of carbonyl (C=O) groups excluding carboxylic acids is 1. The fourth-order valence-electron chi connectivity index (χ4n) is 1.63. The Hall–Kier alpha value is -1.42. The summed E-state index contributed by atoms with van der Waals surface area (Å²) in [6.07, 6.45) is 0.752. The van der Waals surface area contributed by atoms with Gasteiger partial charge in [0.15, 0.2) is 5.11 Å². The van der Waals surface area contributed by atoms with Crippen LogP contribution in [0.15, 0.2) is 30.3 Å². The highest BCUT2D eigenvalue weighted by Crippen LogP contribution is 2.19. The SMILES string of the molecule is CC[C@@H]1NC(=S)N(c2ccccc2)C1=O. The third-order valence-electron chi connectivity index (χ3n) is 2.44. The molecular weight excluding hydrogens is 208 g/mol. The number of nitrogens with zero attached hydrogens (tertiary/aromatic N) is 1. The molecule has 1 heterocycles. The second kappa shape index (κ2) is 3.98. The van der Waals surface area contributed by atoms with E-state index in [1.54, 1.807) is 4.90 Å². The lowest BCUT2D eigenvalue weighted by atomic mass is 10.2. The third kappa shape index (κ3) is 1.72. The predicted molar refractivity (Wildman–Crippen MR) is 63.7 cm³/mol. The lowest BCUT2D eigenvalue weighted by Crippen LogP contribution is -2.30. The van der Waals surface area contributed by atoms with E-state index < -0.39 is 0 Å². The van der Waals surface area contributed by atoms with Crippen LogP contribution in [0.4, 0.5) is 5.69 Å². The van der Waals surface area contributed by atoms with Crippen LogP contribution in [0.3, 0.4) is 0 Å². The second-order valence-electron chi connectivity index (χ2n) is 3.42. The molecular formula is C11H12N2OS. The van der Waals surface area contributed by atoms with Gasteiger partial charge in [-0.15, -0.1) is 0 Å². The van der Waals surface area contributed by atoms with Crippen LogP contribution in [0.25, 0.3) is 0 Å². The van der Waals surface area contributed by atoms with Crippen molar-refractivity contribution in [2.45, 2.75) is 19.4 Å². The molecule has 3 nitrogen and oxygen atoms in total. The van der Waals surface area contributed by atoms with Gasteiger partial charge in [-0.05, 0) is 30.8 Å². The molecule has 4 heteroatoms. The minimum atomic E-state index is -0.169. The van der Waals surface area contributed by atoms with E-state index >= 15 is 0 Å². The van der Waals surface area contributed by atoms with E-state index in [9.17, 15) is 4.79 Å². The number of anilines is 1. The van der Waals surface area contributed by atoms with E-state index in [1.807, 2.05) is 37.3 Å². The molecule has 1 aromatic rings. The van der Waals surface area contributed by atoms with Gasteiger partial charge in [-0.1, -0.05) is 25.1 Å². The Balaban J connectivity index is 2.31. The molecule has 2 rings (SSSR count). The quantitative estimate of drug-likeness (QED) is 0.770. The van der Waals surface area contributed by atoms with E-state index in [0.717, 1.165) is 12.1 Å². The zero-order chi connectivity index (χ0) is 10.8. The minimum absolute atomic E-state index is 0.0358. The van der Waals surface area contributed by atoms with Crippen molar-refractivity contribution in [1.29, 1.82) is 0 Å². The number of rotatable bonds is 2. The van der Waals surface area contributed by atoms with Gasteiger partial charge < -0.3 is 5.32 Å². The van der Waals surface area contributed by atoms with Crippen molar-refractivity contribution in [3.8, 4) is 0 Å². The van der Waals surface area contributed by atoms with Gasteiger partial charge in [-0.25, -0.2) is 0 Å². The zero-order valence-corrected chi connectivity index (χ0v) is 9.25. The van der Waals surface area contributed by atoms with Gasteiger partial charge >= 0.3 is 0 Å². The van der Waals surface area contributed by atoms with Crippen LogP contribution in [0.1, 0.15) is 13.3 Å². The van der Waals surface area contributed by atoms with Gasteiger partial charge in [0.25, 0.3) is 5.91 Å². The molecule has 1 atom stereocenters. The Kier molecular flexibility index (Phi) is 2.68. The molecule has 78 valence electrons.